The fourth-order valence-corrected chi connectivity index (χ4v) is 2.95. The van der Waals surface area contributed by atoms with E-state index in [1.807, 2.05) is 6.07 Å². The van der Waals surface area contributed by atoms with E-state index in [4.69, 9.17) is 16.2 Å². The highest BCUT2D eigenvalue weighted by Gasteiger charge is 2.55. The Morgan fingerprint density at radius 2 is 2.27 bits per heavy atom. The van der Waals surface area contributed by atoms with E-state index in [1.165, 1.54) is 19.2 Å². The van der Waals surface area contributed by atoms with Crippen molar-refractivity contribution in [2.24, 2.45) is 11.7 Å². The summed E-state index contributed by atoms with van der Waals surface area (Å²) in [5, 5.41) is 39.5. The Hall–Kier alpha value is -2.52. The van der Waals surface area contributed by atoms with Gasteiger partial charge in [0.05, 0.1) is 24.9 Å². The minimum Gasteiger partial charge on any atom is -0.464 e. The van der Waals surface area contributed by atoms with Gasteiger partial charge in [-0.3, -0.25) is 9.36 Å². The Balaban J connectivity index is 2.23. The van der Waals surface area contributed by atoms with Gasteiger partial charge in [0.2, 0.25) is 0 Å². The summed E-state index contributed by atoms with van der Waals surface area (Å²) in [5.41, 5.74) is 8.24. The predicted octanol–water partition coefficient (Wildman–Crippen LogP) is -2.96. The molecule has 0 bridgehead atoms. The normalized spacial score (nSPS) is 30.4. The molecule has 1 saturated carbocycles. The van der Waals surface area contributed by atoms with Crippen LogP contribution in [0.2, 0.25) is 0 Å². The molecule has 0 amide bonds. The summed E-state index contributed by atoms with van der Waals surface area (Å²) >= 11 is 0. The van der Waals surface area contributed by atoms with Crippen molar-refractivity contribution in [1.29, 1.82) is 5.26 Å². The number of hydrogen-bond donors (Lipinski definition) is 5. The molecule has 11 heteroatoms. The lowest BCUT2D eigenvalue weighted by atomic mass is 9.95. The summed E-state index contributed by atoms with van der Waals surface area (Å²) in [7, 11) is 0. The molecular weight excluding hydrogens is 346 g/mol. The number of aliphatic hydroxyl groups excluding tert-OH is 3. The number of aliphatic hydroxyl groups is 3. The van der Waals surface area contributed by atoms with Crippen LogP contribution in [0.4, 0.5) is 5.82 Å². The SMILES string of the molecule is CC(O)[C@@H](N)C(=O)OC[C@H]1C[C@@](C#N)(n2ccc(N)nc2=O)C(O)C1O. The summed E-state index contributed by atoms with van der Waals surface area (Å²) in [6, 6.07) is 1.89. The summed E-state index contributed by atoms with van der Waals surface area (Å²) < 4.78 is 5.87. The molecule has 1 aliphatic rings. The van der Waals surface area contributed by atoms with Gasteiger partial charge in [0.25, 0.3) is 0 Å². The van der Waals surface area contributed by atoms with Gasteiger partial charge in [0.15, 0.2) is 5.54 Å². The van der Waals surface area contributed by atoms with Gasteiger partial charge in [-0.15, -0.1) is 0 Å². The van der Waals surface area contributed by atoms with Gasteiger partial charge in [-0.1, -0.05) is 0 Å². The smallest absolute Gasteiger partial charge is 0.350 e. The van der Waals surface area contributed by atoms with Crippen LogP contribution in [0.5, 0.6) is 0 Å². The largest absolute Gasteiger partial charge is 0.464 e. The number of nitrogens with two attached hydrogens (primary N) is 2. The molecule has 3 unspecified atom stereocenters. The molecule has 1 fully saturated rings. The summed E-state index contributed by atoms with van der Waals surface area (Å²) in [6.45, 7) is 0.972. The van der Waals surface area contributed by atoms with E-state index in [-0.39, 0.29) is 18.8 Å². The molecule has 0 spiro atoms. The minimum atomic E-state index is -1.79. The third-order valence-electron chi connectivity index (χ3n) is 4.55. The lowest BCUT2D eigenvalue weighted by molar-refractivity contribution is -0.150. The van der Waals surface area contributed by atoms with Crippen LogP contribution in [0.3, 0.4) is 0 Å². The van der Waals surface area contributed by atoms with Crippen LogP contribution in [0.25, 0.3) is 0 Å². The molecule has 0 aliphatic heterocycles. The van der Waals surface area contributed by atoms with Gasteiger partial charge in [0, 0.05) is 12.1 Å². The third-order valence-corrected chi connectivity index (χ3v) is 4.55. The maximum atomic E-state index is 12.1. The van der Waals surface area contributed by atoms with Crippen molar-refractivity contribution in [3.05, 3.63) is 22.7 Å². The summed E-state index contributed by atoms with van der Waals surface area (Å²) in [4.78, 5) is 27.3. The number of carbonyl (C=O) groups excluding carboxylic acids is 1. The molecular formula is C15H21N5O6. The molecule has 6 atom stereocenters. The fraction of sp³-hybridized carbons (Fsp3) is 0.600. The number of nitriles is 1. The van der Waals surface area contributed by atoms with Gasteiger partial charge in [-0.25, -0.2) is 4.79 Å². The Bertz CT molecular complexity index is 775. The van der Waals surface area contributed by atoms with Gasteiger partial charge < -0.3 is 31.5 Å². The molecule has 1 heterocycles. The van der Waals surface area contributed by atoms with Gasteiger partial charge in [-0.05, 0) is 19.4 Å². The Kier molecular flexibility index (Phi) is 5.62. The fourth-order valence-electron chi connectivity index (χ4n) is 2.95. The molecule has 142 valence electrons. The van der Waals surface area contributed by atoms with Gasteiger partial charge >= 0.3 is 11.7 Å². The molecule has 2 rings (SSSR count). The monoisotopic (exact) mass is 367 g/mol. The highest BCUT2D eigenvalue weighted by atomic mass is 16.5. The molecule has 7 N–H and O–H groups in total. The maximum absolute atomic E-state index is 12.1. The number of anilines is 1. The van der Waals surface area contributed by atoms with Crippen molar-refractivity contribution in [3.8, 4) is 6.07 Å². The van der Waals surface area contributed by atoms with Crippen molar-refractivity contribution in [2.45, 2.75) is 43.2 Å². The quantitative estimate of drug-likeness (QED) is 0.335. The highest BCUT2D eigenvalue weighted by Crippen LogP contribution is 2.40. The lowest BCUT2D eigenvalue weighted by Gasteiger charge is -2.27. The molecule has 11 nitrogen and oxygen atoms in total. The number of hydrogen-bond acceptors (Lipinski definition) is 10. The zero-order valence-corrected chi connectivity index (χ0v) is 14.0. The average Bonchev–Trinajstić information content (AvgIpc) is 2.84. The van der Waals surface area contributed by atoms with Crippen LogP contribution in [0, 0.1) is 17.2 Å². The lowest BCUT2D eigenvalue weighted by Crippen LogP contribution is -2.48. The number of nitrogens with zero attached hydrogens (tertiary/aromatic N) is 3. The number of carbonyl (C=O) groups is 1. The number of rotatable bonds is 5. The summed E-state index contributed by atoms with van der Waals surface area (Å²) in [5.74, 6) is -1.77. The van der Waals surface area contributed by atoms with Crippen LogP contribution in [0.15, 0.2) is 17.1 Å². The van der Waals surface area contributed by atoms with E-state index < -0.39 is 47.5 Å². The molecule has 26 heavy (non-hydrogen) atoms. The average molecular weight is 367 g/mol. The second-order valence-corrected chi connectivity index (χ2v) is 6.34. The standard InChI is InChI=1S/C15H21N5O6/c1-7(21)10(18)13(24)26-5-8-4-15(6-16,12(23)11(8)22)20-3-2-9(17)19-14(20)25/h2-3,7-8,10-12,21-23H,4-5,18H2,1H3,(H2,17,19,25)/t7?,8-,10-,11?,12?,15+/m1/s1. The highest BCUT2D eigenvalue weighted by molar-refractivity contribution is 5.76. The Morgan fingerprint density at radius 1 is 1.62 bits per heavy atom. The molecule has 1 aromatic heterocycles. The van der Waals surface area contributed by atoms with E-state index in [2.05, 4.69) is 4.98 Å². The number of ether oxygens (including phenoxy) is 1. The van der Waals surface area contributed by atoms with E-state index in [0.717, 1.165) is 4.57 Å². The first-order valence-corrected chi connectivity index (χ1v) is 7.87. The maximum Gasteiger partial charge on any atom is 0.350 e. The van der Waals surface area contributed by atoms with Crippen molar-refractivity contribution in [2.75, 3.05) is 12.3 Å². The van der Waals surface area contributed by atoms with Crippen LogP contribution in [-0.4, -0.2) is 61.8 Å². The first-order chi connectivity index (χ1) is 12.1. The predicted molar refractivity (Wildman–Crippen MR) is 87.2 cm³/mol. The van der Waals surface area contributed by atoms with E-state index in [1.54, 1.807) is 0 Å². The molecule has 1 aromatic rings. The Morgan fingerprint density at radius 3 is 2.81 bits per heavy atom. The first-order valence-electron chi connectivity index (χ1n) is 7.87. The van der Waals surface area contributed by atoms with E-state index in [9.17, 15) is 30.2 Å². The molecule has 0 saturated heterocycles. The number of esters is 1. The number of nitrogen functional groups attached to an aromatic ring is 1. The topological polar surface area (TPSA) is 198 Å². The first kappa shape index (κ1) is 19.8. The van der Waals surface area contributed by atoms with Gasteiger partial charge in [0.1, 0.15) is 18.0 Å². The zero-order chi connectivity index (χ0) is 19.6. The van der Waals surface area contributed by atoms with Crippen molar-refractivity contribution in [1.82, 2.24) is 9.55 Å². The number of aromatic nitrogens is 2. The minimum absolute atomic E-state index is 0.0510. The van der Waals surface area contributed by atoms with E-state index in [0.29, 0.717) is 0 Å². The van der Waals surface area contributed by atoms with E-state index >= 15 is 0 Å². The molecule has 1 aliphatic carbocycles. The molecule has 0 aromatic carbocycles. The third kappa shape index (κ3) is 3.40. The van der Waals surface area contributed by atoms with Gasteiger partial charge in [-0.2, -0.15) is 10.2 Å². The second-order valence-electron chi connectivity index (χ2n) is 6.34. The van der Waals surface area contributed by atoms with Crippen LogP contribution >= 0.6 is 0 Å². The van der Waals surface area contributed by atoms with Crippen LogP contribution < -0.4 is 17.2 Å². The molecule has 0 radical (unpaired) electrons. The van der Waals surface area contributed by atoms with Crippen molar-refractivity contribution in [3.63, 3.8) is 0 Å². The van der Waals surface area contributed by atoms with Crippen LogP contribution in [0.1, 0.15) is 13.3 Å². The van der Waals surface area contributed by atoms with Crippen molar-refractivity contribution < 1.29 is 24.9 Å². The Labute approximate surface area is 148 Å². The summed E-state index contributed by atoms with van der Waals surface area (Å²) in [6.07, 6.45) is -3.14. The zero-order valence-electron chi connectivity index (χ0n) is 14.0. The van der Waals surface area contributed by atoms with Crippen molar-refractivity contribution >= 4 is 11.8 Å². The second kappa shape index (κ2) is 7.38. The van der Waals surface area contributed by atoms with Crippen LogP contribution in [-0.2, 0) is 15.1 Å².